The summed E-state index contributed by atoms with van der Waals surface area (Å²) in [5.74, 6) is 0.529. The molecule has 2 aromatic rings. The molecule has 4 rings (SSSR count). The van der Waals surface area contributed by atoms with Crippen molar-refractivity contribution in [3.8, 4) is 0 Å². The maximum absolute atomic E-state index is 12.2. The summed E-state index contributed by atoms with van der Waals surface area (Å²) >= 11 is 5.98. The van der Waals surface area contributed by atoms with Gasteiger partial charge in [0.15, 0.2) is 5.58 Å². The number of likely N-dealkylation sites (tertiary alicyclic amines) is 1. The molecule has 2 unspecified atom stereocenters. The highest BCUT2D eigenvalue weighted by Crippen LogP contribution is 2.35. The number of benzene rings is 1. The number of nitrogens with zero attached hydrogens (tertiary/aromatic N) is 2. The lowest BCUT2D eigenvalue weighted by atomic mass is 9.78. The molecule has 4 nitrogen and oxygen atoms in total. The number of hydrogen-bond acceptors (Lipinski definition) is 3. The van der Waals surface area contributed by atoms with Crippen LogP contribution in [0.2, 0.25) is 5.02 Å². The fraction of sp³-hybridized carbons (Fsp3) is 0.588. The Balaban J connectivity index is 1.65. The second-order valence-electron chi connectivity index (χ2n) is 6.62. The first-order chi connectivity index (χ1) is 10.7. The second kappa shape index (κ2) is 5.74. The van der Waals surface area contributed by atoms with E-state index in [0.29, 0.717) is 23.3 Å². The van der Waals surface area contributed by atoms with E-state index in [9.17, 15) is 4.79 Å². The van der Waals surface area contributed by atoms with Crippen molar-refractivity contribution >= 4 is 22.7 Å². The Hall–Kier alpha value is -1.26. The first-order valence-electron chi connectivity index (χ1n) is 8.25. The van der Waals surface area contributed by atoms with Crippen LogP contribution >= 0.6 is 11.6 Å². The Morgan fingerprint density at radius 2 is 2.00 bits per heavy atom. The van der Waals surface area contributed by atoms with Crippen molar-refractivity contribution < 1.29 is 4.42 Å². The lowest BCUT2D eigenvalue weighted by molar-refractivity contribution is 0.0357. The molecule has 2 heterocycles. The Labute approximate surface area is 134 Å². The molecule has 2 atom stereocenters. The summed E-state index contributed by atoms with van der Waals surface area (Å²) in [4.78, 5) is 14.7. The number of rotatable bonds is 2. The first-order valence-corrected chi connectivity index (χ1v) is 8.63. The van der Waals surface area contributed by atoms with Crippen molar-refractivity contribution in [2.75, 3.05) is 6.54 Å². The quantitative estimate of drug-likeness (QED) is 0.843. The summed E-state index contributed by atoms with van der Waals surface area (Å²) in [7, 11) is 0. The predicted octanol–water partition coefficient (Wildman–Crippen LogP) is 3.86. The van der Waals surface area contributed by atoms with Gasteiger partial charge in [-0.15, -0.1) is 0 Å². The molecule has 0 amide bonds. The molecule has 1 saturated heterocycles. The van der Waals surface area contributed by atoms with Gasteiger partial charge >= 0.3 is 5.76 Å². The summed E-state index contributed by atoms with van der Waals surface area (Å²) in [6.07, 6.45) is 7.87. The summed E-state index contributed by atoms with van der Waals surface area (Å²) < 4.78 is 7.11. The highest BCUT2D eigenvalue weighted by molar-refractivity contribution is 6.31. The minimum Gasteiger partial charge on any atom is -0.408 e. The fourth-order valence-electron chi connectivity index (χ4n) is 4.26. The topological polar surface area (TPSA) is 38.4 Å². The third kappa shape index (κ3) is 2.48. The van der Waals surface area contributed by atoms with Gasteiger partial charge in [0.1, 0.15) is 0 Å². The van der Waals surface area contributed by atoms with Gasteiger partial charge in [0, 0.05) is 23.7 Å². The zero-order chi connectivity index (χ0) is 15.1. The van der Waals surface area contributed by atoms with E-state index in [1.54, 1.807) is 10.6 Å². The molecule has 1 aromatic heterocycles. The van der Waals surface area contributed by atoms with Gasteiger partial charge in [-0.25, -0.2) is 4.79 Å². The van der Waals surface area contributed by atoms with Crippen LogP contribution in [-0.4, -0.2) is 22.1 Å². The zero-order valence-electron chi connectivity index (χ0n) is 12.6. The third-order valence-electron chi connectivity index (χ3n) is 5.31. The normalized spacial score (nSPS) is 26.2. The van der Waals surface area contributed by atoms with Crippen LogP contribution in [0.1, 0.15) is 38.5 Å². The Morgan fingerprint density at radius 3 is 2.91 bits per heavy atom. The molecular formula is C17H21ClN2O2. The van der Waals surface area contributed by atoms with E-state index in [1.165, 1.54) is 38.5 Å². The van der Waals surface area contributed by atoms with Gasteiger partial charge in [0.2, 0.25) is 0 Å². The molecule has 0 radical (unpaired) electrons. The van der Waals surface area contributed by atoms with Crippen LogP contribution in [0.3, 0.4) is 0 Å². The molecular weight excluding hydrogens is 300 g/mol. The molecule has 1 aliphatic heterocycles. The van der Waals surface area contributed by atoms with E-state index < -0.39 is 0 Å². The molecule has 1 saturated carbocycles. The van der Waals surface area contributed by atoms with Crippen molar-refractivity contribution in [1.29, 1.82) is 0 Å². The van der Waals surface area contributed by atoms with Crippen molar-refractivity contribution in [3.63, 3.8) is 0 Å². The first kappa shape index (κ1) is 14.3. The number of hydrogen-bond donors (Lipinski definition) is 0. The standard InChI is InChI=1S/C17H21ClN2O2/c18-13-7-8-15-16(10-13)22-17(21)20(15)11-19-9-3-5-12-4-1-2-6-14(12)19/h7-8,10,12,14H,1-6,9,11H2. The Morgan fingerprint density at radius 1 is 1.18 bits per heavy atom. The van der Waals surface area contributed by atoms with E-state index in [-0.39, 0.29) is 5.76 Å². The van der Waals surface area contributed by atoms with E-state index in [1.807, 2.05) is 12.1 Å². The van der Waals surface area contributed by atoms with Crippen molar-refractivity contribution in [1.82, 2.24) is 9.47 Å². The van der Waals surface area contributed by atoms with Crippen LogP contribution < -0.4 is 5.76 Å². The molecule has 1 aliphatic carbocycles. The molecule has 0 N–H and O–H groups in total. The van der Waals surface area contributed by atoms with Crippen LogP contribution in [-0.2, 0) is 6.67 Å². The highest BCUT2D eigenvalue weighted by atomic mass is 35.5. The number of oxazole rings is 1. The summed E-state index contributed by atoms with van der Waals surface area (Å²) in [6, 6.07) is 6.04. The van der Waals surface area contributed by atoms with Crippen LogP contribution in [0.5, 0.6) is 0 Å². The zero-order valence-corrected chi connectivity index (χ0v) is 13.4. The largest absolute Gasteiger partial charge is 0.421 e. The van der Waals surface area contributed by atoms with Gasteiger partial charge in [0.25, 0.3) is 0 Å². The lowest BCUT2D eigenvalue weighted by Gasteiger charge is -2.44. The second-order valence-corrected chi connectivity index (χ2v) is 7.05. The summed E-state index contributed by atoms with van der Waals surface area (Å²) in [5.41, 5.74) is 1.42. The van der Waals surface area contributed by atoms with E-state index >= 15 is 0 Å². The molecule has 22 heavy (non-hydrogen) atoms. The van der Waals surface area contributed by atoms with Gasteiger partial charge in [0.05, 0.1) is 12.2 Å². The van der Waals surface area contributed by atoms with E-state index in [0.717, 1.165) is 18.0 Å². The maximum Gasteiger partial charge on any atom is 0.421 e. The molecule has 0 spiro atoms. The highest BCUT2D eigenvalue weighted by Gasteiger charge is 2.33. The number of halogens is 1. The lowest BCUT2D eigenvalue weighted by Crippen LogP contribution is -2.48. The van der Waals surface area contributed by atoms with Gasteiger partial charge in [-0.2, -0.15) is 0 Å². The van der Waals surface area contributed by atoms with Crippen LogP contribution in [0.25, 0.3) is 11.1 Å². The fourth-order valence-corrected chi connectivity index (χ4v) is 4.42. The van der Waals surface area contributed by atoms with E-state index in [2.05, 4.69) is 4.90 Å². The molecule has 118 valence electrons. The molecule has 2 fully saturated rings. The van der Waals surface area contributed by atoms with Gasteiger partial charge < -0.3 is 4.42 Å². The summed E-state index contributed by atoms with van der Waals surface area (Å²) in [6.45, 7) is 1.71. The third-order valence-corrected chi connectivity index (χ3v) is 5.55. The van der Waals surface area contributed by atoms with Crippen molar-refractivity contribution in [3.05, 3.63) is 33.8 Å². The minimum absolute atomic E-state index is 0.282. The van der Waals surface area contributed by atoms with Gasteiger partial charge in [-0.3, -0.25) is 9.47 Å². The SMILES string of the molecule is O=c1oc2cc(Cl)ccc2n1CN1CCCC2CCCCC21. The number of piperidine rings is 1. The van der Waals surface area contributed by atoms with Crippen molar-refractivity contribution in [2.24, 2.45) is 5.92 Å². The number of fused-ring (bicyclic) bond motifs is 2. The van der Waals surface area contributed by atoms with Gasteiger partial charge in [-0.1, -0.05) is 24.4 Å². The Kier molecular flexibility index (Phi) is 3.74. The molecule has 2 aliphatic rings. The minimum atomic E-state index is -0.282. The average Bonchev–Trinajstić information content (AvgIpc) is 2.83. The molecule has 0 bridgehead atoms. The van der Waals surface area contributed by atoms with Gasteiger partial charge in [-0.05, 0) is 43.7 Å². The smallest absolute Gasteiger partial charge is 0.408 e. The van der Waals surface area contributed by atoms with Crippen LogP contribution in [0.15, 0.2) is 27.4 Å². The maximum atomic E-state index is 12.2. The number of aromatic nitrogens is 1. The van der Waals surface area contributed by atoms with Crippen molar-refractivity contribution in [2.45, 2.75) is 51.2 Å². The monoisotopic (exact) mass is 320 g/mol. The Bertz CT molecular complexity index is 734. The van der Waals surface area contributed by atoms with Crippen LogP contribution in [0.4, 0.5) is 0 Å². The molecule has 5 heteroatoms. The van der Waals surface area contributed by atoms with Crippen LogP contribution in [0, 0.1) is 5.92 Å². The molecule has 1 aromatic carbocycles. The predicted molar refractivity (Wildman–Crippen MR) is 87.2 cm³/mol. The van der Waals surface area contributed by atoms with E-state index in [4.69, 9.17) is 16.0 Å². The summed E-state index contributed by atoms with van der Waals surface area (Å²) in [5, 5.41) is 0.596. The average molecular weight is 321 g/mol.